The maximum Gasteiger partial charge on any atom is 0.232 e. The molecule has 0 spiro atoms. The second-order valence-electron chi connectivity index (χ2n) is 8.89. The summed E-state index contributed by atoms with van der Waals surface area (Å²) in [5.74, 6) is 2.14. The summed E-state index contributed by atoms with van der Waals surface area (Å²) in [5.41, 5.74) is 5.38. The molecule has 7 heteroatoms. The van der Waals surface area contributed by atoms with Gasteiger partial charge in [0.15, 0.2) is 12.6 Å². The van der Waals surface area contributed by atoms with Crippen LogP contribution in [0.4, 0.5) is 0 Å². The van der Waals surface area contributed by atoms with Gasteiger partial charge in [0, 0.05) is 50.9 Å². The first-order valence-corrected chi connectivity index (χ1v) is 12.6. The lowest BCUT2D eigenvalue weighted by atomic mass is 10.0. The fraction of sp³-hybridized carbons (Fsp3) is 0.207. The smallest absolute Gasteiger partial charge is 0.232 e. The second kappa shape index (κ2) is 9.15. The SMILES string of the molecule is CCn1cc(/C=C2\Oc3cc(OCc4cc(Br)cc5c4OCOC5)cc(C)c3C2=O)c2ccccc21. The number of aryl methyl sites for hydroxylation is 2. The van der Waals surface area contributed by atoms with Crippen LogP contribution in [-0.2, 0) is 24.5 Å². The predicted octanol–water partition coefficient (Wildman–Crippen LogP) is 6.79. The van der Waals surface area contributed by atoms with Gasteiger partial charge in [0.05, 0.1) is 12.2 Å². The molecule has 0 unspecified atom stereocenters. The molecule has 0 saturated heterocycles. The van der Waals surface area contributed by atoms with Crippen LogP contribution in [0.5, 0.6) is 17.2 Å². The largest absolute Gasteiger partial charge is 0.489 e. The summed E-state index contributed by atoms with van der Waals surface area (Å²) in [6, 6.07) is 15.8. The third kappa shape index (κ3) is 3.98. The van der Waals surface area contributed by atoms with E-state index in [9.17, 15) is 4.79 Å². The fourth-order valence-electron chi connectivity index (χ4n) is 4.88. The van der Waals surface area contributed by atoms with Gasteiger partial charge >= 0.3 is 0 Å². The number of nitrogens with zero attached hydrogens (tertiary/aromatic N) is 1. The van der Waals surface area contributed by atoms with Crippen molar-refractivity contribution in [1.82, 2.24) is 4.57 Å². The van der Waals surface area contributed by atoms with E-state index in [4.69, 9.17) is 18.9 Å². The standard InChI is InChI=1S/C29H24BrNO5/c1-3-31-13-18(23-6-4-5-7-24(23)31)11-26-28(32)27-17(2)8-22(12-25(27)36-26)34-15-20-10-21(30)9-19-14-33-16-35-29(19)20/h4-13H,3,14-16H2,1-2H3/b26-11-. The summed E-state index contributed by atoms with van der Waals surface area (Å²) >= 11 is 3.55. The van der Waals surface area contributed by atoms with Crippen molar-refractivity contribution < 1.29 is 23.7 Å². The number of fused-ring (bicyclic) bond motifs is 3. The number of rotatable bonds is 5. The van der Waals surface area contributed by atoms with Gasteiger partial charge in [0.1, 0.15) is 23.9 Å². The molecule has 182 valence electrons. The van der Waals surface area contributed by atoms with Gasteiger partial charge in [0.25, 0.3) is 0 Å². The van der Waals surface area contributed by atoms with E-state index in [1.54, 1.807) is 6.07 Å². The molecule has 0 amide bonds. The zero-order valence-corrected chi connectivity index (χ0v) is 21.6. The summed E-state index contributed by atoms with van der Waals surface area (Å²) in [5, 5.41) is 1.09. The number of para-hydroxylation sites is 1. The summed E-state index contributed by atoms with van der Waals surface area (Å²) in [7, 11) is 0. The van der Waals surface area contributed by atoms with Crippen molar-refractivity contribution in [2.75, 3.05) is 6.79 Å². The molecule has 0 N–H and O–H groups in total. The summed E-state index contributed by atoms with van der Waals surface area (Å²) in [4.78, 5) is 13.2. The maximum atomic E-state index is 13.2. The predicted molar refractivity (Wildman–Crippen MR) is 140 cm³/mol. The number of aromatic nitrogens is 1. The van der Waals surface area contributed by atoms with Gasteiger partial charge in [-0.05, 0) is 49.8 Å². The first kappa shape index (κ1) is 22.9. The molecule has 3 aromatic carbocycles. The summed E-state index contributed by atoms with van der Waals surface area (Å²) in [6.07, 6.45) is 3.90. The Morgan fingerprint density at radius 2 is 2.03 bits per heavy atom. The van der Waals surface area contributed by atoms with E-state index in [1.807, 2.05) is 43.3 Å². The Bertz CT molecular complexity index is 1550. The van der Waals surface area contributed by atoms with Crippen LogP contribution in [-0.4, -0.2) is 17.1 Å². The highest BCUT2D eigenvalue weighted by Crippen LogP contribution is 2.39. The lowest BCUT2D eigenvalue weighted by Crippen LogP contribution is -2.14. The van der Waals surface area contributed by atoms with Crippen LogP contribution in [0.25, 0.3) is 17.0 Å². The van der Waals surface area contributed by atoms with Crippen molar-refractivity contribution in [2.45, 2.75) is 33.6 Å². The van der Waals surface area contributed by atoms with Crippen molar-refractivity contribution in [1.29, 1.82) is 0 Å². The maximum absolute atomic E-state index is 13.2. The Kier molecular flexibility index (Phi) is 5.82. The van der Waals surface area contributed by atoms with Crippen molar-refractivity contribution >= 4 is 38.7 Å². The number of carbonyl (C=O) groups excluding carboxylic acids is 1. The molecule has 0 saturated carbocycles. The van der Waals surface area contributed by atoms with Gasteiger partial charge < -0.3 is 23.5 Å². The molecule has 4 aromatic rings. The van der Waals surface area contributed by atoms with Crippen LogP contribution in [0.1, 0.15) is 39.5 Å². The van der Waals surface area contributed by atoms with E-state index in [0.29, 0.717) is 36.0 Å². The molecule has 3 heterocycles. The Hall–Kier alpha value is -3.55. The molecule has 0 radical (unpaired) electrons. The second-order valence-corrected chi connectivity index (χ2v) is 9.81. The molecule has 0 fully saturated rings. The number of ketones is 1. The van der Waals surface area contributed by atoms with Crippen LogP contribution in [0.2, 0.25) is 0 Å². The summed E-state index contributed by atoms with van der Waals surface area (Å²) in [6.45, 7) is 5.89. The number of halogens is 1. The number of ether oxygens (including phenoxy) is 4. The average Bonchev–Trinajstić information content (AvgIpc) is 3.39. The fourth-order valence-corrected chi connectivity index (χ4v) is 5.43. The lowest BCUT2D eigenvalue weighted by molar-refractivity contribution is -0.0176. The van der Waals surface area contributed by atoms with E-state index in [2.05, 4.69) is 45.8 Å². The molecule has 2 aliphatic rings. The third-order valence-electron chi connectivity index (χ3n) is 6.54. The molecule has 2 aliphatic heterocycles. The number of carbonyl (C=O) groups is 1. The van der Waals surface area contributed by atoms with Crippen molar-refractivity contribution in [3.63, 3.8) is 0 Å². The van der Waals surface area contributed by atoms with Gasteiger partial charge in [-0.3, -0.25) is 4.79 Å². The number of hydrogen-bond acceptors (Lipinski definition) is 5. The van der Waals surface area contributed by atoms with E-state index in [0.717, 1.165) is 49.9 Å². The van der Waals surface area contributed by atoms with Crippen molar-refractivity contribution in [3.05, 3.63) is 92.8 Å². The first-order valence-electron chi connectivity index (χ1n) is 11.8. The van der Waals surface area contributed by atoms with Gasteiger partial charge in [-0.2, -0.15) is 0 Å². The van der Waals surface area contributed by atoms with Crippen LogP contribution in [0.15, 0.2) is 65.0 Å². The zero-order valence-electron chi connectivity index (χ0n) is 20.0. The first-order chi connectivity index (χ1) is 17.5. The van der Waals surface area contributed by atoms with E-state index >= 15 is 0 Å². The Morgan fingerprint density at radius 3 is 2.89 bits per heavy atom. The molecular formula is C29H24BrNO5. The molecule has 0 bridgehead atoms. The van der Waals surface area contributed by atoms with E-state index < -0.39 is 0 Å². The van der Waals surface area contributed by atoms with Gasteiger partial charge in [-0.25, -0.2) is 0 Å². The number of allylic oxidation sites excluding steroid dienone is 1. The molecular weight excluding hydrogens is 522 g/mol. The summed E-state index contributed by atoms with van der Waals surface area (Å²) < 4.78 is 26.4. The van der Waals surface area contributed by atoms with Crippen LogP contribution >= 0.6 is 15.9 Å². The number of hydrogen-bond donors (Lipinski definition) is 0. The van der Waals surface area contributed by atoms with E-state index in [-0.39, 0.29) is 12.6 Å². The quantitative estimate of drug-likeness (QED) is 0.258. The van der Waals surface area contributed by atoms with Crippen LogP contribution < -0.4 is 14.2 Å². The number of Topliss-reactive ketones (excluding diaryl/α,β-unsaturated/α-hetero) is 1. The number of benzene rings is 3. The molecule has 6 nitrogen and oxygen atoms in total. The minimum Gasteiger partial charge on any atom is -0.489 e. The third-order valence-corrected chi connectivity index (χ3v) is 6.99. The lowest BCUT2D eigenvalue weighted by Gasteiger charge is -2.21. The van der Waals surface area contributed by atoms with E-state index in [1.165, 1.54) is 0 Å². The Morgan fingerprint density at radius 1 is 1.17 bits per heavy atom. The topological polar surface area (TPSA) is 58.9 Å². The van der Waals surface area contributed by atoms with Crippen molar-refractivity contribution in [2.24, 2.45) is 0 Å². The highest BCUT2D eigenvalue weighted by Gasteiger charge is 2.30. The van der Waals surface area contributed by atoms with Crippen LogP contribution in [0, 0.1) is 6.92 Å². The normalized spacial score (nSPS) is 15.5. The highest BCUT2D eigenvalue weighted by atomic mass is 79.9. The molecule has 0 aliphatic carbocycles. The molecule has 6 rings (SSSR count). The highest BCUT2D eigenvalue weighted by molar-refractivity contribution is 9.10. The van der Waals surface area contributed by atoms with Gasteiger partial charge in [0.2, 0.25) is 5.78 Å². The monoisotopic (exact) mass is 545 g/mol. The van der Waals surface area contributed by atoms with Gasteiger partial charge in [-0.15, -0.1) is 0 Å². The molecule has 36 heavy (non-hydrogen) atoms. The average molecular weight is 546 g/mol. The van der Waals surface area contributed by atoms with Gasteiger partial charge in [-0.1, -0.05) is 34.1 Å². The Labute approximate surface area is 217 Å². The molecule has 0 atom stereocenters. The Balaban J connectivity index is 1.28. The minimum absolute atomic E-state index is 0.114. The van der Waals surface area contributed by atoms with Crippen molar-refractivity contribution in [3.8, 4) is 17.2 Å². The van der Waals surface area contributed by atoms with Crippen LogP contribution in [0.3, 0.4) is 0 Å². The minimum atomic E-state index is -0.114. The molecule has 1 aromatic heterocycles. The zero-order chi connectivity index (χ0) is 24.8.